The lowest BCUT2D eigenvalue weighted by molar-refractivity contribution is -0.184. The molecule has 0 aromatic heterocycles. The number of amides is 1. The Bertz CT molecular complexity index is 368. The van der Waals surface area contributed by atoms with Gasteiger partial charge in [-0.2, -0.15) is 0 Å². The van der Waals surface area contributed by atoms with Gasteiger partial charge in [0, 0.05) is 19.3 Å². The summed E-state index contributed by atoms with van der Waals surface area (Å²) in [6.07, 6.45) is 0.671. The Hall–Kier alpha value is -1.14. The summed E-state index contributed by atoms with van der Waals surface area (Å²) < 4.78 is 16.3. The van der Waals surface area contributed by atoms with Gasteiger partial charge in [0.2, 0.25) is 0 Å². The summed E-state index contributed by atoms with van der Waals surface area (Å²) in [4.78, 5) is 23.6. The van der Waals surface area contributed by atoms with E-state index in [1.54, 1.807) is 20.8 Å². The molecular formula is C13H21NO5. The first-order valence-electron chi connectivity index (χ1n) is 6.60. The zero-order chi connectivity index (χ0) is 14.1. The Morgan fingerprint density at radius 1 is 1.37 bits per heavy atom. The van der Waals surface area contributed by atoms with Gasteiger partial charge >= 0.3 is 6.09 Å². The number of ketones is 1. The van der Waals surface area contributed by atoms with Gasteiger partial charge < -0.3 is 19.5 Å². The highest BCUT2D eigenvalue weighted by Gasteiger charge is 2.45. The van der Waals surface area contributed by atoms with Crippen LogP contribution in [0.15, 0.2) is 0 Å². The molecule has 0 radical (unpaired) electrons. The van der Waals surface area contributed by atoms with Crippen molar-refractivity contribution < 1.29 is 23.8 Å². The first kappa shape index (κ1) is 14.3. The maximum Gasteiger partial charge on any atom is 0.408 e. The number of carbonyl (C=O) groups is 2. The molecule has 1 atom stereocenters. The van der Waals surface area contributed by atoms with Gasteiger partial charge in [-0.15, -0.1) is 0 Å². The predicted octanol–water partition coefficient (Wildman–Crippen LogP) is 1.38. The fraction of sp³-hybridized carbons (Fsp3) is 0.846. The summed E-state index contributed by atoms with van der Waals surface area (Å²) in [6, 6.07) is -0.596. The fourth-order valence-corrected chi connectivity index (χ4v) is 2.36. The molecule has 1 N–H and O–H groups in total. The molecule has 1 amide bonds. The minimum absolute atomic E-state index is 0.00409. The third-order valence-corrected chi connectivity index (χ3v) is 3.16. The number of alkyl carbamates (subject to hydrolysis) is 1. The van der Waals surface area contributed by atoms with Crippen molar-refractivity contribution in [2.45, 2.75) is 57.5 Å². The van der Waals surface area contributed by atoms with Crippen LogP contribution in [0.25, 0.3) is 0 Å². The topological polar surface area (TPSA) is 73.9 Å². The molecule has 6 heteroatoms. The highest BCUT2D eigenvalue weighted by Crippen LogP contribution is 2.34. The first-order chi connectivity index (χ1) is 8.80. The Balaban J connectivity index is 1.94. The molecule has 0 aromatic rings. The number of rotatable bonds is 1. The van der Waals surface area contributed by atoms with Crippen LogP contribution < -0.4 is 5.32 Å². The van der Waals surface area contributed by atoms with Crippen LogP contribution >= 0.6 is 0 Å². The Morgan fingerprint density at radius 2 is 2.00 bits per heavy atom. The predicted molar refractivity (Wildman–Crippen MR) is 66.7 cm³/mol. The van der Waals surface area contributed by atoms with Gasteiger partial charge in [0.05, 0.1) is 19.3 Å². The van der Waals surface area contributed by atoms with Gasteiger partial charge in [-0.05, 0) is 20.8 Å². The molecule has 19 heavy (non-hydrogen) atoms. The van der Waals surface area contributed by atoms with Crippen LogP contribution in [-0.4, -0.2) is 42.5 Å². The molecule has 1 spiro atoms. The zero-order valence-corrected chi connectivity index (χ0v) is 11.7. The molecule has 2 rings (SSSR count). The summed E-state index contributed by atoms with van der Waals surface area (Å²) in [7, 11) is 0. The third-order valence-electron chi connectivity index (χ3n) is 3.16. The van der Waals surface area contributed by atoms with Crippen molar-refractivity contribution in [1.82, 2.24) is 5.32 Å². The molecule has 6 nitrogen and oxygen atoms in total. The van der Waals surface area contributed by atoms with E-state index < -0.39 is 23.5 Å². The van der Waals surface area contributed by atoms with Crippen LogP contribution in [0.4, 0.5) is 4.79 Å². The number of Topliss-reactive ketones (excluding diaryl/α,β-unsaturated/α-hetero) is 1. The van der Waals surface area contributed by atoms with Crippen LogP contribution in [0, 0.1) is 0 Å². The highest BCUT2D eigenvalue weighted by molar-refractivity contribution is 5.88. The van der Waals surface area contributed by atoms with Crippen LogP contribution in [0.2, 0.25) is 0 Å². The van der Waals surface area contributed by atoms with Crippen LogP contribution in [0.1, 0.15) is 40.0 Å². The molecule has 1 saturated carbocycles. The third kappa shape index (κ3) is 3.67. The van der Waals surface area contributed by atoms with Crippen LogP contribution in [0.3, 0.4) is 0 Å². The quantitative estimate of drug-likeness (QED) is 0.779. The first-order valence-corrected chi connectivity index (χ1v) is 6.60. The smallest absolute Gasteiger partial charge is 0.408 e. The van der Waals surface area contributed by atoms with Crippen molar-refractivity contribution in [2.75, 3.05) is 13.2 Å². The number of carbonyl (C=O) groups excluding carboxylic acids is 2. The second-order valence-electron chi connectivity index (χ2n) is 5.98. The lowest BCUT2D eigenvalue weighted by Crippen LogP contribution is -2.52. The van der Waals surface area contributed by atoms with Crippen molar-refractivity contribution in [3.8, 4) is 0 Å². The van der Waals surface area contributed by atoms with Gasteiger partial charge in [0.1, 0.15) is 5.60 Å². The van der Waals surface area contributed by atoms with Gasteiger partial charge in [-0.1, -0.05) is 0 Å². The zero-order valence-electron chi connectivity index (χ0n) is 11.7. The maximum absolute atomic E-state index is 11.9. The molecule has 0 bridgehead atoms. The molecule has 2 aliphatic rings. The van der Waals surface area contributed by atoms with Gasteiger partial charge in [0.25, 0.3) is 0 Å². The molecule has 1 aliphatic carbocycles. The number of ether oxygens (including phenoxy) is 3. The largest absolute Gasteiger partial charge is 0.444 e. The Morgan fingerprint density at radius 3 is 2.58 bits per heavy atom. The van der Waals surface area contributed by atoms with E-state index in [9.17, 15) is 9.59 Å². The summed E-state index contributed by atoms with van der Waals surface area (Å²) in [6.45, 7) is 6.40. The van der Waals surface area contributed by atoms with Gasteiger partial charge in [0.15, 0.2) is 11.6 Å². The molecule has 0 unspecified atom stereocenters. The summed E-state index contributed by atoms with van der Waals surface area (Å²) in [5.41, 5.74) is -0.583. The van der Waals surface area contributed by atoms with Crippen molar-refractivity contribution >= 4 is 11.9 Å². The fourth-order valence-electron chi connectivity index (χ4n) is 2.36. The van der Waals surface area contributed by atoms with E-state index >= 15 is 0 Å². The van der Waals surface area contributed by atoms with Crippen molar-refractivity contribution in [3.63, 3.8) is 0 Å². The van der Waals surface area contributed by atoms with Gasteiger partial charge in [-0.25, -0.2) is 4.79 Å². The van der Waals surface area contributed by atoms with E-state index in [0.29, 0.717) is 32.5 Å². The Labute approximate surface area is 112 Å². The highest BCUT2D eigenvalue weighted by atomic mass is 16.7. The molecule has 2 fully saturated rings. The average molecular weight is 271 g/mol. The van der Waals surface area contributed by atoms with E-state index in [2.05, 4.69) is 5.32 Å². The average Bonchev–Trinajstić information content (AvgIpc) is 2.70. The minimum Gasteiger partial charge on any atom is -0.444 e. The SMILES string of the molecule is CC(C)(C)OC(=O)N[C@H]1CC2(CCC1=O)OCCO2. The van der Waals surface area contributed by atoms with Crippen molar-refractivity contribution in [2.24, 2.45) is 0 Å². The summed E-state index contributed by atoms with van der Waals surface area (Å²) in [5.74, 6) is -0.705. The molecular weight excluding hydrogens is 250 g/mol. The molecule has 1 saturated heterocycles. The standard InChI is InChI=1S/C13H21NO5/c1-12(2,3)19-11(16)14-9-8-13(5-4-10(9)15)17-6-7-18-13/h9H,4-8H2,1-3H3,(H,14,16)/t9-/m0/s1. The van der Waals surface area contributed by atoms with E-state index in [1.165, 1.54) is 0 Å². The van der Waals surface area contributed by atoms with E-state index in [1.807, 2.05) is 0 Å². The molecule has 0 aromatic carbocycles. The van der Waals surface area contributed by atoms with E-state index in [4.69, 9.17) is 14.2 Å². The Kier molecular flexibility index (Phi) is 3.82. The van der Waals surface area contributed by atoms with Gasteiger partial charge in [-0.3, -0.25) is 4.79 Å². The van der Waals surface area contributed by atoms with Crippen LogP contribution in [0.5, 0.6) is 0 Å². The van der Waals surface area contributed by atoms with E-state index in [0.717, 1.165) is 0 Å². The van der Waals surface area contributed by atoms with E-state index in [-0.39, 0.29) is 5.78 Å². The van der Waals surface area contributed by atoms with Crippen molar-refractivity contribution in [1.29, 1.82) is 0 Å². The van der Waals surface area contributed by atoms with Crippen molar-refractivity contribution in [3.05, 3.63) is 0 Å². The van der Waals surface area contributed by atoms with Crippen LogP contribution in [-0.2, 0) is 19.0 Å². The summed E-state index contributed by atoms with van der Waals surface area (Å²) in [5, 5.41) is 2.61. The minimum atomic E-state index is -0.701. The number of hydrogen-bond acceptors (Lipinski definition) is 5. The second kappa shape index (κ2) is 5.09. The number of nitrogens with one attached hydrogen (secondary N) is 1. The lowest BCUT2D eigenvalue weighted by Gasteiger charge is -2.35. The molecule has 108 valence electrons. The maximum atomic E-state index is 11.9. The molecule has 1 aliphatic heterocycles. The monoisotopic (exact) mass is 271 g/mol. The number of hydrogen-bond donors (Lipinski definition) is 1. The lowest BCUT2D eigenvalue weighted by atomic mass is 9.89. The normalized spacial score (nSPS) is 26.5. The second-order valence-corrected chi connectivity index (χ2v) is 5.98. The summed E-state index contributed by atoms with van der Waals surface area (Å²) >= 11 is 0. The molecule has 1 heterocycles.